The molecule has 1 fully saturated rings. The van der Waals surface area contributed by atoms with Crippen molar-refractivity contribution in [3.8, 4) is 6.07 Å². The molecule has 2 heterocycles. The molecular weight excluding hydrogens is 232 g/mol. The number of aryl methyl sites for hydroxylation is 1. The maximum atomic E-state index is 12.2. The second-order valence-electron chi connectivity index (χ2n) is 4.58. The van der Waals surface area contributed by atoms with Crippen LogP contribution in [-0.2, 0) is 16.6 Å². The Labute approximate surface area is 106 Å². The lowest BCUT2D eigenvalue weighted by atomic mass is 9.89. The Balaban J connectivity index is 2.11. The molecule has 1 aromatic rings. The van der Waals surface area contributed by atoms with Gasteiger partial charge in [-0.25, -0.2) is 0 Å². The van der Waals surface area contributed by atoms with Crippen molar-refractivity contribution in [2.45, 2.75) is 13.3 Å². The molecule has 0 saturated carbocycles. The summed E-state index contributed by atoms with van der Waals surface area (Å²) >= 11 is 0. The zero-order chi connectivity index (χ0) is 13.1. The van der Waals surface area contributed by atoms with Crippen LogP contribution in [-0.4, -0.2) is 28.9 Å². The van der Waals surface area contributed by atoms with E-state index in [0.29, 0.717) is 31.0 Å². The van der Waals surface area contributed by atoms with Crippen LogP contribution in [0.5, 0.6) is 0 Å². The standard InChI is InChI=1S/C12H16N4O2/c1-8-7-18-4-3-10(8)12(17)15-11-9(5-13)6-14-16(11)2/h6,8,10H,3-4,7H2,1-2H3,(H,15,17). The van der Waals surface area contributed by atoms with Crippen LogP contribution < -0.4 is 5.32 Å². The summed E-state index contributed by atoms with van der Waals surface area (Å²) in [6, 6.07) is 2.01. The van der Waals surface area contributed by atoms with Crippen LogP contribution in [0.15, 0.2) is 6.20 Å². The first-order chi connectivity index (χ1) is 8.63. The predicted octanol–water partition coefficient (Wildman–Crippen LogP) is 0.903. The van der Waals surface area contributed by atoms with Crippen LogP contribution in [0, 0.1) is 23.2 Å². The Morgan fingerprint density at radius 3 is 3.17 bits per heavy atom. The minimum absolute atomic E-state index is 0.0640. The number of anilines is 1. The van der Waals surface area contributed by atoms with Crippen LogP contribution in [0.3, 0.4) is 0 Å². The van der Waals surface area contributed by atoms with E-state index in [4.69, 9.17) is 10.00 Å². The van der Waals surface area contributed by atoms with E-state index < -0.39 is 0 Å². The van der Waals surface area contributed by atoms with Gasteiger partial charge in [0.05, 0.1) is 6.20 Å². The molecule has 2 rings (SSSR count). The van der Waals surface area contributed by atoms with Crippen molar-refractivity contribution < 1.29 is 9.53 Å². The quantitative estimate of drug-likeness (QED) is 0.843. The summed E-state index contributed by atoms with van der Waals surface area (Å²) in [5, 5.41) is 15.7. The van der Waals surface area contributed by atoms with E-state index in [1.807, 2.05) is 13.0 Å². The summed E-state index contributed by atoms with van der Waals surface area (Å²) in [5.41, 5.74) is 0.380. The van der Waals surface area contributed by atoms with Gasteiger partial charge in [-0.1, -0.05) is 6.92 Å². The summed E-state index contributed by atoms with van der Waals surface area (Å²) in [7, 11) is 1.70. The molecular formula is C12H16N4O2. The van der Waals surface area contributed by atoms with Crippen molar-refractivity contribution in [2.75, 3.05) is 18.5 Å². The highest BCUT2D eigenvalue weighted by Crippen LogP contribution is 2.23. The average molecular weight is 248 g/mol. The second-order valence-corrected chi connectivity index (χ2v) is 4.58. The number of carbonyl (C=O) groups excluding carboxylic acids is 1. The molecule has 1 aliphatic rings. The molecule has 1 N–H and O–H groups in total. The molecule has 0 bridgehead atoms. The minimum atomic E-state index is -0.0693. The largest absolute Gasteiger partial charge is 0.381 e. The third-order valence-electron chi connectivity index (χ3n) is 3.28. The van der Waals surface area contributed by atoms with Crippen LogP contribution in [0.4, 0.5) is 5.82 Å². The topological polar surface area (TPSA) is 79.9 Å². The van der Waals surface area contributed by atoms with Gasteiger partial charge in [-0.3, -0.25) is 9.48 Å². The maximum Gasteiger partial charge on any atom is 0.229 e. The Morgan fingerprint density at radius 2 is 2.50 bits per heavy atom. The Hall–Kier alpha value is -1.87. The first-order valence-electron chi connectivity index (χ1n) is 5.94. The molecule has 1 aromatic heterocycles. The minimum Gasteiger partial charge on any atom is -0.381 e. The molecule has 0 aliphatic carbocycles. The van der Waals surface area contributed by atoms with Crippen molar-refractivity contribution in [3.05, 3.63) is 11.8 Å². The Kier molecular flexibility index (Phi) is 3.63. The lowest BCUT2D eigenvalue weighted by Gasteiger charge is -2.27. The van der Waals surface area contributed by atoms with E-state index >= 15 is 0 Å². The van der Waals surface area contributed by atoms with Crippen LogP contribution in [0.2, 0.25) is 0 Å². The fourth-order valence-electron chi connectivity index (χ4n) is 2.15. The number of aromatic nitrogens is 2. The summed E-state index contributed by atoms with van der Waals surface area (Å²) in [4.78, 5) is 12.2. The molecule has 1 amide bonds. The normalized spacial score (nSPS) is 23.4. The van der Waals surface area contributed by atoms with E-state index in [1.165, 1.54) is 10.9 Å². The maximum absolute atomic E-state index is 12.2. The van der Waals surface area contributed by atoms with Gasteiger partial charge < -0.3 is 10.1 Å². The summed E-state index contributed by atoms with van der Waals surface area (Å²) in [6.07, 6.45) is 2.16. The van der Waals surface area contributed by atoms with Crippen molar-refractivity contribution in [3.63, 3.8) is 0 Å². The number of hydrogen-bond acceptors (Lipinski definition) is 4. The van der Waals surface area contributed by atoms with E-state index in [1.54, 1.807) is 7.05 Å². The highest BCUT2D eigenvalue weighted by molar-refractivity contribution is 5.93. The van der Waals surface area contributed by atoms with Gasteiger partial charge >= 0.3 is 0 Å². The number of nitriles is 1. The first-order valence-corrected chi connectivity index (χ1v) is 5.94. The van der Waals surface area contributed by atoms with Crippen molar-refractivity contribution in [2.24, 2.45) is 18.9 Å². The summed E-state index contributed by atoms with van der Waals surface area (Å²) < 4.78 is 6.82. The predicted molar refractivity (Wildman–Crippen MR) is 64.6 cm³/mol. The van der Waals surface area contributed by atoms with E-state index in [2.05, 4.69) is 10.4 Å². The Bertz CT molecular complexity index is 489. The van der Waals surface area contributed by atoms with Crippen molar-refractivity contribution in [1.82, 2.24) is 9.78 Å². The molecule has 18 heavy (non-hydrogen) atoms. The number of nitrogens with one attached hydrogen (secondary N) is 1. The van der Waals surface area contributed by atoms with Gasteiger partial charge in [-0.15, -0.1) is 0 Å². The molecule has 6 nitrogen and oxygen atoms in total. The van der Waals surface area contributed by atoms with Gasteiger partial charge in [0.15, 0.2) is 0 Å². The fraction of sp³-hybridized carbons (Fsp3) is 0.583. The van der Waals surface area contributed by atoms with Gasteiger partial charge in [-0.05, 0) is 12.3 Å². The van der Waals surface area contributed by atoms with Gasteiger partial charge in [0, 0.05) is 26.2 Å². The lowest BCUT2D eigenvalue weighted by molar-refractivity contribution is -0.125. The fourth-order valence-corrected chi connectivity index (χ4v) is 2.15. The van der Waals surface area contributed by atoms with Crippen molar-refractivity contribution >= 4 is 11.7 Å². The number of carbonyl (C=O) groups is 1. The molecule has 1 aliphatic heterocycles. The molecule has 0 spiro atoms. The first kappa shape index (κ1) is 12.6. The highest BCUT2D eigenvalue weighted by atomic mass is 16.5. The lowest BCUT2D eigenvalue weighted by Crippen LogP contribution is -2.35. The third-order valence-corrected chi connectivity index (χ3v) is 3.28. The van der Waals surface area contributed by atoms with Gasteiger partial charge in [0.2, 0.25) is 5.91 Å². The third kappa shape index (κ3) is 2.36. The highest BCUT2D eigenvalue weighted by Gasteiger charge is 2.29. The second kappa shape index (κ2) is 5.19. The number of hydrogen-bond donors (Lipinski definition) is 1. The average Bonchev–Trinajstić information content (AvgIpc) is 2.71. The van der Waals surface area contributed by atoms with Crippen LogP contribution in [0.1, 0.15) is 18.9 Å². The van der Waals surface area contributed by atoms with Crippen molar-refractivity contribution in [1.29, 1.82) is 5.26 Å². The van der Waals surface area contributed by atoms with Gasteiger partial charge in [0.1, 0.15) is 17.5 Å². The smallest absolute Gasteiger partial charge is 0.229 e. The molecule has 2 atom stereocenters. The van der Waals surface area contributed by atoms with E-state index in [0.717, 1.165) is 0 Å². The molecule has 0 radical (unpaired) electrons. The summed E-state index contributed by atoms with van der Waals surface area (Å²) in [5.74, 6) is 0.518. The van der Waals surface area contributed by atoms with E-state index in [-0.39, 0.29) is 17.7 Å². The van der Waals surface area contributed by atoms with Crippen LogP contribution in [0.25, 0.3) is 0 Å². The number of rotatable bonds is 2. The van der Waals surface area contributed by atoms with E-state index in [9.17, 15) is 4.79 Å². The zero-order valence-corrected chi connectivity index (χ0v) is 10.5. The monoisotopic (exact) mass is 248 g/mol. The number of nitrogens with zero attached hydrogens (tertiary/aromatic N) is 3. The number of amides is 1. The molecule has 6 heteroatoms. The molecule has 1 saturated heterocycles. The zero-order valence-electron chi connectivity index (χ0n) is 10.5. The molecule has 0 aromatic carbocycles. The summed E-state index contributed by atoms with van der Waals surface area (Å²) in [6.45, 7) is 3.21. The SMILES string of the molecule is CC1COCCC1C(=O)Nc1c(C#N)cnn1C. The number of ether oxygens (including phenoxy) is 1. The van der Waals surface area contributed by atoms with Gasteiger partial charge in [0.25, 0.3) is 0 Å². The molecule has 2 unspecified atom stereocenters. The molecule has 96 valence electrons. The van der Waals surface area contributed by atoms with Gasteiger partial charge in [-0.2, -0.15) is 10.4 Å². The Morgan fingerprint density at radius 1 is 1.72 bits per heavy atom. The van der Waals surface area contributed by atoms with Crippen LogP contribution >= 0.6 is 0 Å².